The summed E-state index contributed by atoms with van der Waals surface area (Å²) in [5.74, 6) is -0.599. The van der Waals surface area contributed by atoms with Crippen LogP contribution in [0.25, 0.3) is 0 Å². The van der Waals surface area contributed by atoms with E-state index in [0.717, 1.165) is 0 Å². The van der Waals surface area contributed by atoms with Crippen molar-refractivity contribution in [3.63, 3.8) is 0 Å². The van der Waals surface area contributed by atoms with E-state index in [9.17, 15) is 18.0 Å². The highest BCUT2D eigenvalue weighted by molar-refractivity contribution is 14.1. The van der Waals surface area contributed by atoms with Gasteiger partial charge in [0.2, 0.25) is 5.88 Å². The first kappa shape index (κ1) is 13.7. The van der Waals surface area contributed by atoms with E-state index in [0.29, 0.717) is 9.86 Å². The number of carbonyl (C=O) groups is 1. The Morgan fingerprint density at radius 1 is 1.56 bits per heavy atom. The highest BCUT2D eigenvalue weighted by atomic mass is 127. The Balaban J connectivity index is 3.23. The number of carbonyl (C=O) groups excluding carboxylic acids is 1. The van der Waals surface area contributed by atoms with Crippen LogP contribution in [0.2, 0.25) is 0 Å². The van der Waals surface area contributed by atoms with Gasteiger partial charge in [-0.3, -0.25) is 4.79 Å². The van der Waals surface area contributed by atoms with Crippen LogP contribution in [0.1, 0.15) is 16.1 Å². The zero-order valence-corrected chi connectivity index (χ0v) is 11.3. The average Bonchev–Trinajstić information content (AvgIpc) is 2.14. The number of halogens is 5. The normalized spacial score (nSPS) is 11.3. The number of aromatic nitrogens is 1. The maximum absolute atomic E-state index is 12.1. The molecule has 0 fully saturated rings. The van der Waals surface area contributed by atoms with Crippen molar-refractivity contribution in [3.8, 4) is 5.88 Å². The van der Waals surface area contributed by atoms with Crippen LogP contribution >= 0.6 is 38.5 Å². The monoisotopic (exact) mass is 409 g/mol. The lowest BCUT2D eigenvalue weighted by molar-refractivity contribution is -0.276. The molecule has 0 aliphatic carbocycles. The van der Waals surface area contributed by atoms with Crippen molar-refractivity contribution in [1.29, 1.82) is 0 Å². The first-order valence-electron chi connectivity index (χ1n) is 3.83. The Labute approximate surface area is 111 Å². The molecule has 1 aromatic heterocycles. The third-order valence-electron chi connectivity index (χ3n) is 1.52. The van der Waals surface area contributed by atoms with Crippen molar-refractivity contribution in [2.45, 2.75) is 11.7 Å². The van der Waals surface area contributed by atoms with Gasteiger partial charge in [0.25, 0.3) is 0 Å². The van der Waals surface area contributed by atoms with Crippen LogP contribution in [-0.4, -0.2) is 17.6 Å². The minimum atomic E-state index is -4.82. The van der Waals surface area contributed by atoms with E-state index < -0.39 is 12.2 Å². The summed E-state index contributed by atoms with van der Waals surface area (Å²) in [5.41, 5.74) is 0.150. The summed E-state index contributed by atoms with van der Waals surface area (Å²) in [7, 11) is 0. The van der Waals surface area contributed by atoms with Crippen molar-refractivity contribution in [2.75, 3.05) is 0 Å². The van der Waals surface area contributed by atoms with Crippen molar-refractivity contribution < 1.29 is 22.7 Å². The summed E-state index contributed by atoms with van der Waals surface area (Å²) in [6.45, 7) is 0. The topological polar surface area (TPSA) is 39.2 Å². The Morgan fingerprint density at radius 2 is 2.19 bits per heavy atom. The number of ether oxygens (including phenoxy) is 1. The molecule has 8 heteroatoms. The van der Waals surface area contributed by atoms with Gasteiger partial charge >= 0.3 is 6.36 Å². The van der Waals surface area contributed by atoms with Gasteiger partial charge in [-0.1, -0.05) is 15.9 Å². The van der Waals surface area contributed by atoms with Crippen molar-refractivity contribution in [3.05, 3.63) is 20.9 Å². The number of nitrogens with zero attached hydrogens (tertiary/aromatic N) is 1. The molecule has 0 aliphatic rings. The van der Waals surface area contributed by atoms with Gasteiger partial charge in [0, 0.05) is 14.5 Å². The minimum Gasteiger partial charge on any atom is -0.387 e. The van der Waals surface area contributed by atoms with E-state index in [-0.39, 0.29) is 16.6 Å². The van der Waals surface area contributed by atoms with Gasteiger partial charge in [-0.15, -0.1) is 13.2 Å². The van der Waals surface area contributed by atoms with Gasteiger partial charge in [0.05, 0.1) is 0 Å². The molecule has 0 saturated heterocycles. The number of hydrogen-bond donors (Lipinski definition) is 0. The Bertz CT molecular complexity index is 411. The van der Waals surface area contributed by atoms with Crippen LogP contribution in [0.4, 0.5) is 13.2 Å². The smallest absolute Gasteiger partial charge is 0.387 e. The largest absolute Gasteiger partial charge is 0.574 e. The van der Waals surface area contributed by atoms with Crippen molar-refractivity contribution >= 4 is 44.8 Å². The molecular formula is C8H4BrF3INO2. The molecule has 0 spiro atoms. The maximum atomic E-state index is 12.1. The van der Waals surface area contributed by atoms with Crippen LogP contribution in [0, 0.1) is 3.57 Å². The predicted octanol–water partition coefficient (Wildman–Crippen LogP) is 3.29. The lowest BCUT2D eigenvalue weighted by atomic mass is 10.3. The Kier molecular flexibility index (Phi) is 4.53. The molecule has 0 amide bonds. The summed E-state index contributed by atoms with van der Waals surface area (Å²) in [6.07, 6.45) is -4.46. The van der Waals surface area contributed by atoms with Crippen molar-refractivity contribution in [2.24, 2.45) is 0 Å². The van der Waals surface area contributed by atoms with Gasteiger partial charge in [-0.25, -0.2) is 4.98 Å². The molecule has 0 bridgehead atoms. The Morgan fingerprint density at radius 3 is 2.62 bits per heavy atom. The van der Waals surface area contributed by atoms with Crippen LogP contribution in [0.3, 0.4) is 0 Å². The molecule has 0 aliphatic heterocycles. The van der Waals surface area contributed by atoms with E-state index in [2.05, 4.69) is 25.7 Å². The fraction of sp³-hybridized carbons (Fsp3) is 0.250. The van der Waals surface area contributed by atoms with E-state index >= 15 is 0 Å². The second-order valence-corrected chi connectivity index (χ2v) is 4.33. The standard InChI is InChI=1S/C8H4BrF3INO2/c9-2-5-6(13)1-4(3-15)14-7(5)16-8(10,11)12/h1,3H,2H2. The fourth-order valence-corrected chi connectivity index (χ4v) is 2.72. The number of pyridine rings is 1. The molecule has 1 rings (SSSR count). The highest BCUT2D eigenvalue weighted by Gasteiger charge is 2.33. The molecule has 0 atom stereocenters. The number of hydrogen-bond acceptors (Lipinski definition) is 3. The lowest BCUT2D eigenvalue weighted by Gasteiger charge is -2.12. The van der Waals surface area contributed by atoms with Crippen LogP contribution in [0.15, 0.2) is 6.07 Å². The molecule has 0 N–H and O–H groups in total. The SMILES string of the molecule is O=Cc1cc(I)c(CBr)c(OC(F)(F)F)n1. The zero-order valence-electron chi connectivity index (χ0n) is 7.52. The second-order valence-electron chi connectivity index (χ2n) is 2.61. The van der Waals surface area contributed by atoms with Gasteiger partial charge in [0.15, 0.2) is 6.29 Å². The molecule has 16 heavy (non-hydrogen) atoms. The van der Waals surface area contributed by atoms with Gasteiger partial charge in [-0.2, -0.15) is 0 Å². The summed E-state index contributed by atoms with van der Waals surface area (Å²) < 4.78 is 40.4. The zero-order chi connectivity index (χ0) is 12.3. The molecule has 1 heterocycles. The first-order chi connectivity index (χ1) is 7.37. The summed E-state index contributed by atoms with van der Waals surface area (Å²) in [5, 5.41) is 0.156. The lowest BCUT2D eigenvalue weighted by Crippen LogP contribution is -2.19. The van der Waals surface area contributed by atoms with E-state index in [1.165, 1.54) is 6.07 Å². The van der Waals surface area contributed by atoms with E-state index in [1.54, 1.807) is 0 Å². The molecule has 3 nitrogen and oxygen atoms in total. The van der Waals surface area contributed by atoms with Gasteiger partial charge in [-0.05, 0) is 28.7 Å². The number of alkyl halides is 4. The summed E-state index contributed by atoms with van der Waals surface area (Å²) in [4.78, 5) is 13.9. The fourth-order valence-electron chi connectivity index (χ4n) is 0.912. The second kappa shape index (κ2) is 5.30. The Hall–Kier alpha value is -0.380. The highest BCUT2D eigenvalue weighted by Crippen LogP contribution is 2.29. The maximum Gasteiger partial charge on any atom is 0.574 e. The molecular weight excluding hydrogens is 406 g/mol. The molecule has 1 aromatic rings. The third-order valence-corrected chi connectivity index (χ3v) is 3.04. The van der Waals surface area contributed by atoms with Crippen molar-refractivity contribution in [1.82, 2.24) is 4.98 Å². The molecule has 0 saturated carbocycles. The number of rotatable bonds is 3. The van der Waals surface area contributed by atoms with Crippen LogP contribution in [0.5, 0.6) is 5.88 Å². The predicted molar refractivity (Wildman–Crippen MR) is 61.7 cm³/mol. The first-order valence-corrected chi connectivity index (χ1v) is 6.03. The molecule has 88 valence electrons. The van der Waals surface area contributed by atoms with E-state index in [4.69, 9.17) is 0 Å². The van der Waals surface area contributed by atoms with Crippen LogP contribution in [-0.2, 0) is 5.33 Å². The third kappa shape index (κ3) is 3.58. The van der Waals surface area contributed by atoms with Gasteiger partial charge in [0.1, 0.15) is 5.69 Å². The van der Waals surface area contributed by atoms with Crippen LogP contribution < -0.4 is 4.74 Å². The van der Waals surface area contributed by atoms with Gasteiger partial charge < -0.3 is 4.74 Å². The molecule has 0 unspecified atom stereocenters. The average molecular weight is 410 g/mol. The minimum absolute atomic E-state index is 0.103. The molecule has 0 radical (unpaired) electrons. The summed E-state index contributed by atoms with van der Waals surface area (Å²) in [6, 6.07) is 1.38. The van der Waals surface area contributed by atoms with E-state index in [1.807, 2.05) is 22.6 Å². The summed E-state index contributed by atoms with van der Waals surface area (Å²) >= 11 is 4.84. The quantitative estimate of drug-likeness (QED) is 0.437. The number of aldehydes is 1. The molecule has 0 aromatic carbocycles.